The van der Waals surface area contributed by atoms with Crippen molar-refractivity contribution in [2.75, 3.05) is 0 Å². The molecule has 0 unspecified atom stereocenters. The van der Waals surface area contributed by atoms with E-state index in [4.69, 9.17) is 4.74 Å². The lowest BCUT2D eigenvalue weighted by Crippen LogP contribution is -2.10. The van der Waals surface area contributed by atoms with Crippen molar-refractivity contribution in [3.8, 4) is 5.75 Å². The molecule has 0 radical (unpaired) electrons. The largest absolute Gasteiger partial charge is 0.423 e. The second kappa shape index (κ2) is 10.9. The van der Waals surface area contributed by atoms with Gasteiger partial charge in [-0.2, -0.15) is 0 Å². The highest BCUT2D eigenvalue weighted by atomic mass is 32.2. The fourth-order valence-corrected chi connectivity index (χ4v) is 6.48. The van der Waals surface area contributed by atoms with Gasteiger partial charge in [0.25, 0.3) is 0 Å². The lowest BCUT2D eigenvalue weighted by Gasteiger charge is -2.15. The number of allylic oxidation sites excluding steroid dienone is 1. The third-order valence-electron chi connectivity index (χ3n) is 6.41. The van der Waals surface area contributed by atoms with E-state index in [1.54, 1.807) is 0 Å². The van der Waals surface area contributed by atoms with Crippen LogP contribution in [0.1, 0.15) is 29.8 Å². The van der Waals surface area contributed by atoms with Crippen LogP contribution in [0.25, 0.3) is 16.3 Å². The summed E-state index contributed by atoms with van der Waals surface area (Å²) >= 11 is 0. The number of rotatable bonds is 7. The van der Waals surface area contributed by atoms with Gasteiger partial charge in [-0.25, -0.2) is 4.79 Å². The van der Waals surface area contributed by atoms with E-state index in [2.05, 4.69) is 81.1 Å². The molecule has 0 saturated carbocycles. The highest BCUT2D eigenvalue weighted by Crippen LogP contribution is 2.33. The van der Waals surface area contributed by atoms with Gasteiger partial charge in [0.2, 0.25) is 0 Å². The van der Waals surface area contributed by atoms with E-state index >= 15 is 0 Å². The minimum absolute atomic E-state index is 0.250. The van der Waals surface area contributed by atoms with Gasteiger partial charge in [0.05, 0.1) is 16.5 Å². The Morgan fingerprint density at radius 2 is 1.08 bits per heavy atom. The Kier molecular flexibility index (Phi) is 7.25. The first-order valence-electron chi connectivity index (χ1n) is 12.4. The van der Waals surface area contributed by atoms with E-state index in [0.717, 1.165) is 21.9 Å². The summed E-state index contributed by atoms with van der Waals surface area (Å²) in [4.78, 5) is 16.9. The highest BCUT2D eigenvalue weighted by Gasteiger charge is 2.28. The molecule has 37 heavy (non-hydrogen) atoms. The van der Waals surface area contributed by atoms with Crippen LogP contribution in [-0.4, -0.2) is 5.97 Å². The van der Waals surface area contributed by atoms with Crippen molar-refractivity contribution in [2.45, 2.75) is 28.5 Å². The molecule has 0 N–H and O–H groups in total. The number of hydrogen-bond donors (Lipinski definition) is 0. The normalized spacial score (nSPS) is 11.1. The molecule has 5 aromatic carbocycles. The lowest BCUT2D eigenvalue weighted by atomic mass is 9.90. The van der Waals surface area contributed by atoms with E-state index in [0.29, 0.717) is 17.2 Å². The predicted molar refractivity (Wildman–Crippen MR) is 154 cm³/mol. The smallest absolute Gasteiger partial charge is 0.344 e. The fraction of sp³-hybridized carbons (Fsp3) is 0.0882. The number of hydrogen-bond acceptors (Lipinski definition) is 2. The zero-order valence-electron chi connectivity index (χ0n) is 21.1. The maximum atomic E-state index is 13.3. The Labute approximate surface area is 221 Å². The maximum absolute atomic E-state index is 13.3. The third-order valence-corrected chi connectivity index (χ3v) is 8.65. The van der Waals surface area contributed by atoms with Gasteiger partial charge >= 0.3 is 5.97 Å². The van der Waals surface area contributed by atoms with Gasteiger partial charge in [0, 0.05) is 0 Å². The van der Waals surface area contributed by atoms with Gasteiger partial charge in [-0.15, -0.1) is 0 Å². The van der Waals surface area contributed by atoms with Crippen molar-refractivity contribution < 1.29 is 9.53 Å². The highest BCUT2D eigenvalue weighted by molar-refractivity contribution is 7.97. The third kappa shape index (κ3) is 5.23. The summed E-state index contributed by atoms with van der Waals surface area (Å²) in [6, 6.07) is 40.7. The Hall–Kier alpha value is -4.08. The van der Waals surface area contributed by atoms with Crippen molar-refractivity contribution >= 4 is 33.2 Å². The van der Waals surface area contributed by atoms with E-state index in [1.807, 2.05) is 60.7 Å². The van der Waals surface area contributed by atoms with Gasteiger partial charge in [0.15, 0.2) is 14.7 Å². The average Bonchev–Trinajstić information content (AvgIpc) is 2.94. The molecule has 0 aliphatic rings. The monoisotopic (exact) mass is 501 g/mol. The molecule has 0 amide bonds. The lowest BCUT2D eigenvalue weighted by molar-refractivity contribution is 0.0737. The van der Waals surface area contributed by atoms with Crippen LogP contribution < -0.4 is 4.74 Å². The maximum Gasteiger partial charge on any atom is 0.344 e. The van der Waals surface area contributed by atoms with Crippen molar-refractivity contribution in [3.05, 3.63) is 139 Å². The van der Waals surface area contributed by atoms with E-state index in [1.165, 1.54) is 14.7 Å². The second-order valence-electron chi connectivity index (χ2n) is 9.18. The molecule has 0 aliphatic heterocycles. The molecule has 0 bridgehead atoms. The van der Waals surface area contributed by atoms with Crippen LogP contribution in [0.5, 0.6) is 5.75 Å². The van der Waals surface area contributed by atoms with Crippen molar-refractivity contribution in [1.82, 2.24) is 0 Å². The molecular formula is C34H29O2S+. The second-order valence-corrected chi connectivity index (χ2v) is 11.2. The summed E-state index contributed by atoms with van der Waals surface area (Å²) in [6.45, 7) is 8.52. The predicted octanol–water partition coefficient (Wildman–Crippen LogP) is 8.82. The van der Waals surface area contributed by atoms with Crippen LogP contribution in [0.4, 0.5) is 0 Å². The first-order valence-corrected chi connectivity index (χ1v) is 13.6. The number of ether oxygens (including phenoxy) is 1. The van der Waals surface area contributed by atoms with E-state index in [9.17, 15) is 4.79 Å². The first-order chi connectivity index (χ1) is 18.0. The average molecular weight is 502 g/mol. The van der Waals surface area contributed by atoms with Gasteiger partial charge in [-0.1, -0.05) is 87.2 Å². The zero-order chi connectivity index (χ0) is 25.8. The summed E-state index contributed by atoms with van der Waals surface area (Å²) in [6.07, 6.45) is 0. The number of carbonyl (C=O) groups excluding carboxylic acids is 1. The number of fused-ring (bicyclic) bond motifs is 1. The minimum Gasteiger partial charge on any atom is -0.423 e. The molecule has 0 aromatic heterocycles. The molecule has 182 valence electrons. The van der Waals surface area contributed by atoms with Crippen LogP contribution in [0.3, 0.4) is 0 Å². The number of benzene rings is 5. The summed E-state index contributed by atoms with van der Waals surface area (Å²) in [5.41, 5.74) is 2.67. The first kappa shape index (κ1) is 24.6. The van der Waals surface area contributed by atoms with Crippen LogP contribution in [0.2, 0.25) is 0 Å². The summed E-state index contributed by atoms with van der Waals surface area (Å²) < 4.78 is 5.84. The molecule has 0 atom stereocenters. The van der Waals surface area contributed by atoms with Gasteiger partial charge in [-0.05, 0) is 82.4 Å². The zero-order valence-corrected chi connectivity index (χ0v) is 21.9. The topological polar surface area (TPSA) is 26.3 Å². The molecule has 3 heteroatoms. The SMILES string of the molecule is C=C(c1ccc(C(=O)Oc2ccc([S+](c3ccccc3)c3ccccc3)cc2)c2ccccc12)C(C)C. The number of esters is 1. The van der Waals surface area contributed by atoms with Crippen LogP contribution in [0, 0.1) is 5.92 Å². The Morgan fingerprint density at radius 1 is 0.622 bits per heavy atom. The van der Waals surface area contributed by atoms with Gasteiger partial charge in [0.1, 0.15) is 5.75 Å². The number of carbonyl (C=O) groups is 1. The Balaban J connectivity index is 1.43. The molecule has 0 saturated heterocycles. The Bertz CT molecular complexity index is 1500. The molecule has 0 aliphatic carbocycles. The summed E-state index contributed by atoms with van der Waals surface area (Å²) in [5.74, 6) is 0.477. The molecule has 0 heterocycles. The summed E-state index contributed by atoms with van der Waals surface area (Å²) in [5, 5.41) is 1.89. The molecule has 0 fully saturated rings. The minimum atomic E-state index is -0.365. The molecule has 5 aromatic rings. The molecule has 0 spiro atoms. The van der Waals surface area contributed by atoms with Gasteiger partial charge in [-0.3, -0.25) is 0 Å². The van der Waals surface area contributed by atoms with Gasteiger partial charge < -0.3 is 4.74 Å². The Morgan fingerprint density at radius 3 is 1.62 bits per heavy atom. The molecule has 5 rings (SSSR count). The standard InChI is InChI=1S/C34H29O2S/c1-24(2)25(3)30-22-23-33(32-17-11-10-16-31(30)32)34(35)36-26-18-20-29(21-19-26)37(27-12-6-4-7-13-27)28-14-8-5-9-15-28/h4-24H,3H2,1-2H3/q+1. The fourth-order valence-electron chi connectivity index (χ4n) is 4.40. The molecular weight excluding hydrogens is 472 g/mol. The van der Waals surface area contributed by atoms with Crippen LogP contribution >= 0.6 is 0 Å². The quantitative estimate of drug-likeness (QED) is 0.126. The van der Waals surface area contributed by atoms with E-state index in [-0.39, 0.29) is 16.9 Å². The van der Waals surface area contributed by atoms with Crippen molar-refractivity contribution in [2.24, 2.45) is 5.92 Å². The summed E-state index contributed by atoms with van der Waals surface area (Å²) in [7, 11) is -0.250. The molecule has 2 nitrogen and oxygen atoms in total. The van der Waals surface area contributed by atoms with Crippen molar-refractivity contribution in [3.63, 3.8) is 0 Å². The van der Waals surface area contributed by atoms with Crippen LogP contribution in [-0.2, 0) is 10.9 Å². The van der Waals surface area contributed by atoms with Crippen molar-refractivity contribution in [1.29, 1.82) is 0 Å². The van der Waals surface area contributed by atoms with E-state index < -0.39 is 0 Å². The van der Waals surface area contributed by atoms with Crippen LogP contribution in [0.15, 0.2) is 143 Å².